The lowest BCUT2D eigenvalue weighted by Crippen LogP contribution is -2.02. The SMILES string of the molecule is Nc1ccc(C(=O)O)cc1Nc1ccc(F)cc1I. The van der Waals surface area contributed by atoms with E-state index in [1.54, 1.807) is 6.07 Å². The predicted octanol–water partition coefficient (Wildman–Crippen LogP) is 3.45. The molecule has 4 nitrogen and oxygen atoms in total. The highest BCUT2D eigenvalue weighted by Crippen LogP contribution is 2.27. The smallest absolute Gasteiger partial charge is 0.335 e. The van der Waals surface area contributed by atoms with Gasteiger partial charge in [0.05, 0.1) is 22.6 Å². The van der Waals surface area contributed by atoms with Crippen LogP contribution in [0.4, 0.5) is 21.5 Å². The molecule has 6 heteroatoms. The fraction of sp³-hybridized carbons (Fsp3) is 0. The lowest BCUT2D eigenvalue weighted by Gasteiger charge is -2.11. The number of nitrogens with two attached hydrogens (primary N) is 1. The largest absolute Gasteiger partial charge is 0.478 e. The van der Waals surface area contributed by atoms with Gasteiger partial charge < -0.3 is 16.2 Å². The second kappa shape index (κ2) is 5.43. The quantitative estimate of drug-likeness (QED) is 0.570. The molecule has 0 heterocycles. The molecule has 0 bridgehead atoms. The second-order valence-electron chi connectivity index (χ2n) is 3.86. The average Bonchev–Trinajstić information content (AvgIpc) is 2.34. The van der Waals surface area contributed by atoms with Crippen molar-refractivity contribution in [2.24, 2.45) is 0 Å². The molecule has 0 aliphatic carbocycles. The lowest BCUT2D eigenvalue weighted by molar-refractivity contribution is 0.0697. The van der Waals surface area contributed by atoms with Crippen LogP contribution in [0.2, 0.25) is 0 Å². The number of benzene rings is 2. The number of hydrogen-bond donors (Lipinski definition) is 3. The van der Waals surface area contributed by atoms with Gasteiger partial charge in [-0.05, 0) is 59.0 Å². The van der Waals surface area contributed by atoms with Crippen LogP contribution in [0, 0.1) is 9.39 Å². The molecule has 0 aliphatic rings. The van der Waals surface area contributed by atoms with Gasteiger partial charge >= 0.3 is 5.97 Å². The van der Waals surface area contributed by atoms with Crippen molar-refractivity contribution >= 4 is 45.6 Å². The van der Waals surface area contributed by atoms with Gasteiger partial charge in [-0.2, -0.15) is 0 Å². The van der Waals surface area contributed by atoms with Crippen LogP contribution in [-0.2, 0) is 0 Å². The van der Waals surface area contributed by atoms with Crippen molar-refractivity contribution in [3.63, 3.8) is 0 Å². The average molecular weight is 372 g/mol. The van der Waals surface area contributed by atoms with E-state index < -0.39 is 5.97 Å². The third-order valence-corrected chi connectivity index (χ3v) is 3.39. The van der Waals surface area contributed by atoms with E-state index >= 15 is 0 Å². The van der Waals surface area contributed by atoms with Crippen LogP contribution in [0.3, 0.4) is 0 Å². The molecular weight excluding hydrogens is 362 g/mol. The fourth-order valence-electron chi connectivity index (χ4n) is 1.53. The van der Waals surface area contributed by atoms with Gasteiger partial charge in [-0.1, -0.05) is 0 Å². The molecule has 4 N–H and O–H groups in total. The maximum absolute atomic E-state index is 13.0. The Kier molecular flexibility index (Phi) is 3.89. The van der Waals surface area contributed by atoms with E-state index in [0.717, 1.165) is 0 Å². The molecule has 0 saturated carbocycles. The van der Waals surface area contributed by atoms with E-state index in [1.807, 2.05) is 22.6 Å². The number of carboxylic acids is 1. The van der Waals surface area contributed by atoms with Crippen molar-refractivity contribution < 1.29 is 14.3 Å². The Hall–Kier alpha value is -1.83. The summed E-state index contributed by atoms with van der Waals surface area (Å²) in [5.74, 6) is -1.36. The lowest BCUT2D eigenvalue weighted by atomic mass is 10.1. The number of anilines is 3. The fourth-order valence-corrected chi connectivity index (χ4v) is 2.15. The molecule has 0 fully saturated rings. The minimum Gasteiger partial charge on any atom is -0.478 e. The van der Waals surface area contributed by atoms with Gasteiger partial charge in [0.25, 0.3) is 0 Å². The van der Waals surface area contributed by atoms with Crippen LogP contribution in [0.15, 0.2) is 36.4 Å². The van der Waals surface area contributed by atoms with Crippen molar-refractivity contribution in [3.05, 3.63) is 51.3 Å². The van der Waals surface area contributed by atoms with Crippen LogP contribution < -0.4 is 11.1 Å². The summed E-state index contributed by atoms with van der Waals surface area (Å²) in [6, 6.07) is 8.66. The third-order valence-electron chi connectivity index (χ3n) is 2.50. The normalized spacial score (nSPS) is 10.2. The zero-order valence-electron chi connectivity index (χ0n) is 9.65. The van der Waals surface area contributed by atoms with E-state index in [4.69, 9.17) is 10.8 Å². The maximum Gasteiger partial charge on any atom is 0.335 e. The molecule has 0 aliphatic heterocycles. The number of halogens is 2. The van der Waals surface area contributed by atoms with Crippen LogP contribution in [0.1, 0.15) is 10.4 Å². The first-order valence-corrected chi connectivity index (χ1v) is 6.40. The number of carboxylic acid groups (broad SMARTS) is 1. The summed E-state index contributed by atoms with van der Waals surface area (Å²) in [5, 5.41) is 11.9. The molecule has 0 amide bonds. The highest BCUT2D eigenvalue weighted by Gasteiger charge is 2.08. The summed E-state index contributed by atoms with van der Waals surface area (Å²) in [6.07, 6.45) is 0. The monoisotopic (exact) mass is 372 g/mol. The van der Waals surface area contributed by atoms with Crippen LogP contribution in [-0.4, -0.2) is 11.1 Å². The van der Waals surface area contributed by atoms with Crippen molar-refractivity contribution in [3.8, 4) is 0 Å². The van der Waals surface area contributed by atoms with E-state index in [0.29, 0.717) is 20.6 Å². The Bertz CT molecular complexity index is 647. The van der Waals surface area contributed by atoms with Gasteiger partial charge in [-0.3, -0.25) is 0 Å². The summed E-state index contributed by atoms with van der Waals surface area (Å²) in [5.41, 5.74) is 7.48. The van der Waals surface area contributed by atoms with E-state index in [2.05, 4.69) is 5.32 Å². The van der Waals surface area contributed by atoms with Gasteiger partial charge in [-0.15, -0.1) is 0 Å². The minimum absolute atomic E-state index is 0.133. The Labute approximate surface area is 122 Å². The number of nitrogen functional groups attached to an aromatic ring is 1. The molecular formula is C13H10FIN2O2. The summed E-state index contributed by atoms with van der Waals surface area (Å²) < 4.78 is 13.7. The van der Waals surface area contributed by atoms with Crippen molar-refractivity contribution in [2.75, 3.05) is 11.1 Å². The van der Waals surface area contributed by atoms with E-state index in [-0.39, 0.29) is 11.4 Å². The summed E-state index contributed by atoms with van der Waals surface area (Å²) in [7, 11) is 0. The molecule has 0 radical (unpaired) electrons. The van der Waals surface area contributed by atoms with Crippen LogP contribution in [0.5, 0.6) is 0 Å². The topological polar surface area (TPSA) is 75.4 Å². The highest BCUT2D eigenvalue weighted by atomic mass is 127. The number of nitrogens with one attached hydrogen (secondary N) is 1. The third kappa shape index (κ3) is 3.14. The molecule has 0 saturated heterocycles. The first kappa shape index (κ1) is 13.6. The van der Waals surface area contributed by atoms with Gasteiger partial charge in [0.15, 0.2) is 0 Å². The van der Waals surface area contributed by atoms with E-state index in [1.165, 1.54) is 30.3 Å². The molecule has 19 heavy (non-hydrogen) atoms. The first-order valence-electron chi connectivity index (χ1n) is 5.32. The zero-order chi connectivity index (χ0) is 14.0. The van der Waals surface area contributed by atoms with Crippen LogP contribution >= 0.6 is 22.6 Å². The van der Waals surface area contributed by atoms with Crippen molar-refractivity contribution in [1.82, 2.24) is 0 Å². The maximum atomic E-state index is 13.0. The summed E-state index contributed by atoms with van der Waals surface area (Å²) in [6.45, 7) is 0. The molecule has 0 unspecified atom stereocenters. The Morgan fingerprint density at radius 1 is 1.21 bits per heavy atom. The number of carbonyl (C=O) groups is 1. The summed E-state index contributed by atoms with van der Waals surface area (Å²) >= 11 is 1.99. The molecule has 2 aromatic carbocycles. The minimum atomic E-state index is -1.03. The Morgan fingerprint density at radius 3 is 2.58 bits per heavy atom. The molecule has 0 spiro atoms. The van der Waals surface area contributed by atoms with Gasteiger partial charge in [0.2, 0.25) is 0 Å². The second-order valence-corrected chi connectivity index (χ2v) is 5.02. The Morgan fingerprint density at radius 2 is 1.95 bits per heavy atom. The zero-order valence-corrected chi connectivity index (χ0v) is 11.8. The van der Waals surface area contributed by atoms with Crippen molar-refractivity contribution in [2.45, 2.75) is 0 Å². The van der Waals surface area contributed by atoms with E-state index in [9.17, 15) is 9.18 Å². The Balaban J connectivity index is 2.37. The summed E-state index contributed by atoms with van der Waals surface area (Å²) in [4.78, 5) is 10.9. The number of aromatic carboxylic acids is 1. The first-order chi connectivity index (χ1) is 8.97. The molecule has 2 aromatic rings. The molecule has 0 aromatic heterocycles. The molecule has 0 atom stereocenters. The van der Waals surface area contributed by atoms with Gasteiger partial charge in [-0.25, -0.2) is 9.18 Å². The van der Waals surface area contributed by atoms with Crippen molar-refractivity contribution in [1.29, 1.82) is 0 Å². The molecule has 98 valence electrons. The highest BCUT2D eigenvalue weighted by molar-refractivity contribution is 14.1. The standard InChI is InChI=1S/C13H10FIN2O2/c14-8-2-4-11(9(15)6-8)17-12-5-7(13(18)19)1-3-10(12)16/h1-6,17H,16H2,(H,18,19). The van der Waals surface area contributed by atoms with Gasteiger partial charge in [0, 0.05) is 3.57 Å². The number of hydrogen-bond acceptors (Lipinski definition) is 3. The molecule has 2 rings (SSSR count). The predicted molar refractivity (Wildman–Crippen MR) is 80.2 cm³/mol. The van der Waals surface area contributed by atoms with Crippen LogP contribution in [0.25, 0.3) is 0 Å². The number of rotatable bonds is 3. The van der Waals surface area contributed by atoms with Gasteiger partial charge in [0.1, 0.15) is 5.82 Å².